The fourth-order valence-corrected chi connectivity index (χ4v) is 3.17. The Hall–Kier alpha value is -0.590. The number of rotatable bonds is 8. The van der Waals surface area contributed by atoms with Gasteiger partial charge in [0.25, 0.3) is 0 Å². The summed E-state index contributed by atoms with van der Waals surface area (Å²) in [7, 11) is 2.21. The van der Waals surface area contributed by atoms with Gasteiger partial charge in [0.05, 0.1) is 6.07 Å². The van der Waals surface area contributed by atoms with E-state index < -0.39 is 0 Å². The predicted molar refractivity (Wildman–Crippen MR) is 80.9 cm³/mol. The highest BCUT2D eigenvalue weighted by molar-refractivity contribution is 5.14. The predicted octanol–water partition coefficient (Wildman–Crippen LogP) is 3.03. The molecule has 110 valence electrons. The second-order valence-corrected chi connectivity index (χ2v) is 6.48. The Morgan fingerprint density at radius 2 is 2.16 bits per heavy atom. The molecule has 0 spiro atoms. The Kier molecular flexibility index (Phi) is 6.82. The van der Waals surface area contributed by atoms with Gasteiger partial charge in [-0.25, -0.2) is 0 Å². The highest BCUT2D eigenvalue weighted by atomic mass is 15.1. The normalized spacial score (nSPS) is 27.1. The first kappa shape index (κ1) is 16.5. The van der Waals surface area contributed by atoms with Crippen LogP contribution in [0.1, 0.15) is 52.9 Å². The summed E-state index contributed by atoms with van der Waals surface area (Å²) in [4.78, 5) is 2.42. The van der Waals surface area contributed by atoms with Crippen LogP contribution in [0.5, 0.6) is 0 Å². The van der Waals surface area contributed by atoms with Crippen molar-refractivity contribution in [1.29, 1.82) is 5.26 Å². The molecular formula is C16H31N3. The fourth-order valence-electron chi connectivity index (χ4n) is 3.17. The summed E-state index contributed by atoms with van der Waals surface area (Å²) in [5.74, 6) is 1.30. The van der Waals surface area contributed by atoms with Crippen molar-refractivity contribution in [3.05, 3.63) is 0 Å². The molecule has 3 heteroatoms. The van der Waals surface area contributed by atoms with E-state index in [4.69, 9.17) is 0 Å². The van der Waals surface area contributed by atoms with Crippen molar-refractivity contribution in [2.75, 3.05) is 26.7 Å². The minimum absolute atomic E-state index is 0.242. The van der Waals surface area contributed by atoms with Crippen LogP contribution in [0.4, 0.5) is 0 Å². The molecule has 0 aromatic carbocycles. The smallest absolute Gasteiger partial charge is 0.109 e. The average molecular weight is 265 g/mol. The van der Waals surface area contributed by atoms with Crippen molar-refractivity contribution in [2.45, 2.75) is 58.4 Å². The molecule has 0 aromatic heterocycles. The Morgan fingerprint density at radius 1 is 1.42 bits per heavy atom. The van der Waals surface area contributed by atoms with Crippen LogP contribution in [0.25, 0.3) is 0 Å². The molecule has 0 bridgehead atoms. The molecule has 2 atom stereocenters. The Morgan fingerprint density at radius 3 is 2.74 bits per heavy atom. The molecule has 0 saturated heterocycles. The maximum atomic E-state index is 9.53. The summed E-state index contributed by atoms with van der Waals surface area (Å²) in [5, 5.41) is 13.0. The van der Waals surface area contributed by atoms with Gasteiger partial charge in [0.1, 0.15) is 5.54 Å². The summed E-state index contributed by atoms with van der Waals surface area (Å²) >= 11 is 0. The van der Waals surface area contributed by atoms with Crippen LogP contribution in [-0.2, 0) is 0 Å². The van der Waals surface area contributed by atoms with Gasteiger partial charge in [-0.05, 0) is 64.2 Å². The quantitative estimate of drug-likeness (QED) is 0.733. The molecule has 1 aliphatic carbocycles. The van der Waals surface area contributed by atoms with Crippen LogP contribution < -0.4 is 5.32 Å². The van der Waals surface area contributed by atoms with Gasteiger partial charge in [0.15, 0.2) is 0 Å². The SMILES string of the molecule is CCNC1(C#N)CCCC1CCN(C)CCC(C)C. The summed E-state index contributed by atoms with van der Waals surface area (Å²) in [5.41, 5.74) is -0.242. The standard InChI is InChI=1S/C16H31N3/c1-5-18-16(13-17)10-6-7-15(16)9-12-19(4)11-8-14(2)3/h14-15,18H,5-12H2,1-4H3. The second kappa shape index (κ2) is 7.87. The van der Waals surface area contributed by atoms with E-state index in [1.54, 1.807) is 0 Å². The molecule has 19 heavy (non-hydrogen) atoms. The van der Waals surface area contributed by atoms with Crippen molar-refractivity contribution < 1.29 is 0 Å². The molecule has 0 aromatic rings. The van der Waals surface area contributed by atoms with E-state index in [2.05, 4.69) is 44.1 Å². The zero-order valence-corrected chi connectivity index (χ0v) is 13.2. The van der Waals surface area contributed by atoms with E-state index >= 15 is 0 Å². The minimum atomic E-state index is -0.242. The maximum Gasteiger partial charge on any atom is 0.109 e. The third-order valence-electron chi connectivity index (χ3n) is 4.46. The van der Waals surface area contributed by atoms with Crippen molar-refractivity contribution in [3.63, 3.8) is 0 Å². The van der Waals surface area contributed by atoms with E-state index in [0.29, 0.717) is 5.92 Å². The van der Waals surface area contributed by atoms with Crippen LogP contribution in [0, 0.1) is 23.2 Å². The molecule has 3 nitrogen and oxygen atoms in total. The molecule has 2 unspecified atom stereocenters. The maximum absolute atomic E-state index is 9.53. The molecule has 1 rings (SSSR count). The van der Waals surface area contributed by atoms with Gasteiger partial charge in [-0.15, -0.1) is 0 Å². The first-order valence-corrected chi connectivity index (χ1v) is 7.89. The van der Waals surface area contributed by atoms with E-state index in [0.717, 1.165) is 31.8 Å². The minimum Gasteiger partial charge on any atom is -0.306 e. The lowest BCUT2D eigenvalue weighted by atomic mass is 9.85. The number of nitrogens with one attached hydrogen (secondary N) is 1. The molecule has 1 saturated carbocycles. The van der Waals surface area contributed by atoms with Gasteiger partial charge in [0, 0.05) is 0 Å². The lowest BCUT2D eigenvalue weighted by Gasteiger charge is -2.31. The van der Waals surface area contributed by atoms with Crippen molar-refractivity contribution >= 4 is 0 Å². The molecule has 1 aliphatic rings. The second-order valence-electron chi connectivity index (χ2n) is 6.48. The summed E-state index contributed by atoms with van der Waals surface area (Å²) in [6, 6.07) is 2.57. The van der Waals surface area contributed by atoms with E-state index in [9.17, 15) is 5.26 Å². The third kappa shape index (κ3) is 4.78. The molecule has 1 fully saturated rings. The van der Waals surface area contributed by atoms with Crippen LogP contribution in [0.15, 0.2) is 0 Å². The van der Waals surface area contributed by atoms with Gasteiger partial charge in [0.2, 0.25) is 0 Å². The average Bonchev–Trinajstić information content (AvgIpc) is 2.78. The van der Waals surface area contributed by atoms with Gasteiger partial charge in [-0.3, -0.25) is 5.32 Å². The van der Waals surface area contributed by atoms with Crippen LogP contribution in [0.2, 0.25) is 0 Å². The largest absolute Gasteiger partial charge is 0.306 e. The summed E-state index contributed by atoms with van der Waals surface area (Å²) < 4.78 is 0. The molecule has 0 radical (unpaired) electrons. The highest BCUT2D eigenvalue weighted by Gasteiger charge is 2.42. The zero-order chi connectivity index (χ0) is 14.3. The number of nitrogens with zero attached hydrogens (tertiary/aromatic N) is 2. The number of hydrogen-bond donors (Lipinski definition) is 1. The van der Waals surface area contributed by atoms with Gasteiger partial charge < -0.3 is 4.90 Å². The van der Waals surface area contributed by atoms with Crippen molar-refractivity contribution in [1.82, 2.24) is 10.2 Å². The molecule has 1 N–H and O–H groups in total. The first-order valence-electron chi connectivity index (χ1n) is 7.89. The van der Waals surface area contributed by atoms with E-state index in [1.165, 1.54) is 25.8 Å². The van der Waals surface area contributed by atoms with Crippen molar-refractivity contribution in [3.8, 4) is 6.07 Å². The van der Waals surface area contributed by atoms with Crippen LogP contribution in [-0.4, -0.2) is 37.1 Å². The van der Waals surface area contributed by atoms with Gasteiger partial charge in [-0.2, -0.15) is 5.26 Å². The van der Waals surface area contributed by atoms with Crippen LogP contribution >= 0.6 is 0 Å². The summed E-state index contributed by atoms with van der Waals surface area (Å²) in [6.07, 6.45) is 5.84. The Balaban J connectivity index is 2.41. The molecule has 0 heterocycles. The molecular weight excluding hydrogens is 234 g/mol. The Labute approximate surface area is 119 Å². The third-order valence-corrected chi connectivity index (χ3v) is 4.46. The molecule has 0 amide bonds. The lowest BCUT2D eigenvalue weighted by molar-refractivity contribution is 0.244. The fraction of sp³-hybridized carbons (Fsp3) is 0.938. The van der Waals surface area contributed by atoms with Gasteiger partial charge >= 0.3 is 0 Å². The van der Waals surface area contributed by atoms with Crippen LogP contribution in [0.3, 0.4) is 0 Å². The van der Waals surface area contributed by atoms with E-state index in [1.807, 2.05) is 0 Å². The Bertz CT molecular complexity index is 295. The van der Waals surface area contributed by atoms with Gasteiger partial charge in [-0.1, -0.05) is 27.2 Å². The van der Waals surface area contributed by atoms with Crippen molar-refractivity contribution in [2.24, 2.45) is 11.8 Å². The lowest BCUT2D eigenvalue weighted by Crippen LogP contribution is -2.47. The first-order chi connectivity index (χ1) is 9.04. The summed E-state index contributed by atoms with van der Waals surface area (Å²) in [6.45, 7) is 9.83. The van der Waals surface area contributed by atoms with E-state index in [-0.39, 0.29) is 5.54 Å². The number of hydrogen-bond acceptors (Lipinski definition) is 3. The zero-order valence-electron chi connectivity index (χ0n) is 13.2. The monoisotopic (exact) mass is 265 g/mol. The number of nitriles is 1. The topological polar surface area (TPSA) is 39.1 Å². The highest BCUT2D eigenvalue weighted by Crippen LogP contribution is 2.37. The molecule has 0 aliphatic heterocycles.